The fourth-order valence-electron chi connectivity index (χ4n) is 1.84. The molecule has 0 aliphatic rings. The summed E-state index contributed by atoms with van der Waals surface area (Å²) >= 11 is 15.4. The number of benzene rings is 2. The zero-order chi connectivity index (χ0) is 14.5. The van der Waals surface area contributed by atoms with E-state index in [1.54, 1.807) is 6.07 Å². The molecule has 2 nitrogen and oxygen atoms in total. The molecule has 0 atom stereocenters. The van der Waals surface area contributed by atoms with Gasteiger partial charge in [-0.3, -0.25) is 0 Å². The van der Waals surface area contributed by atoms with E-state index in [-0.39, 0.29) is 0 Å². The number of hydrogen-bond donors (Lipinski definition) is 1. The van der Waals surface area contributed by atoms with Gasteiger partial charge in [0.2, 0.25) is 0 Å². The number of hydrogen-bond acceptors (Lipinski definition) is 2. The molecular weight excluding hydrogens is 359 g/mol. The Morgan fingerprint density at radius 1 is 1.20 bits per heavy atom. The summed E-state index contributed by atoms with van der Waals surface area (Å²) in [5, 5.41) is 13.7. The third-order valence-corrected chi connectivity index (χ3v) is 4.10. The number of rotatable bonds is 4. The smallest absolute Gasteiger partial charge is 0.103 e. The summed E-state index contributed by atoms with van der Waals surface area (Å²) in [6.45, 7) is 0.687. The van der Waals surface area contributed by atoms with Crippen molar-refractivity contribution in [3.8, 4) is 6.07 Å². The Kier molecular flexibility index (Phi) is 5.31. The Bertz CT molecular complexity index is 665. The summed E-state index contributed by atoms with van der Waals surface area (Å²) in [6.07, 6.45) is 0.757. The van der Waals surface area contributed by atoms with Crippen LogP contribution < -0.4 is 5.32 Å². The van der Waals surface area contributed by atoms with E-state index in [1.807, 2.05) is 30.3 Å². The zero-order valence-electron chi connectivity index (χ0n) is 10.5. The van der Waals surface area contributed by atoms with Crippen molar-refractivity contribution in [3.63, 3.8) is 0 Å². The van der Waals surface area contributed by atoms with Gasteiger partial charge in [0, 0.05) is 21.1 Å². The molecule has 0 radical (unpaired) electrons. The van der Waals surface area contributed by atoms with Crippen molar-refractivity contribution < 1.29 is 0 Å². The van der Waals surface area contributed by atoms with Crippen molar-refractivity contribution in [2.45, 2.75) is 6.42 Å². The summed E-state index contributed by atoms with van der Waals surface area (Å²) in [6, 6.07) is 13.3. The first-order valence-corrected chi connectivity index (χ1v) is 7.53. The quantitative estimate of drug-likeness (QED) is 0.795. The van der Waals surface area contributed by atoms with Crippen molar-refractivity contribution in [2.75, 3.05) is 11.9 Å². The van der Waals surface area contributed by atoms with Gasteiger partial charge in [-0.15, -0.1) is 0 Å². The van der Waals surface area contributed by atoms with Crippen LogP contribution in [0.5, 0.6) is 0 Å². The molecule has 102 valence electrons. The van der Waals surface area contributed by atoms with Crippen LogP contribution in [0.4, 0.5) is 5.69 Å². The molecular formula is C15H11BrCl2N2. The summed E-state index contributed by atoms with van der Waals surface area (Å²) in [7, 11) is 0. The van der Waals surface area contributed by atoms with Gasteiger partial charge in [0.15, 0.2) is 0 Å². The van der Waals surface area contributed by atoms with E-state index >= 15 is 0 Å². The predicted molar refractivity (Wildman–Crippen MR) is 87.5 cm³/mol. The topological polar surface area (TPSA) is 35.8 Å². The van der Waals surface area contributed by atoms with Crippen LogP contribution in [-0.2, 0) is 6.42 Å². The number of anilines is 1. The lowest BCUT2D eigenvalue weighted by Gasteiger charge is -2.10. The van der Waals surface area contributed by atoms with Crippen molar-refractivity contribution in [1.82, 2.24) is 0 Å². The van der Waals surface area contributed by atoms with Crippen LogP contribution in [0.15, 0.2) is 40.9 Å². The highest BCUT2D eigenvalue weighted by molar-refractivity contribution is 9.10. The fraction of sp³-hybridized carbons (Fsp3) is 0.133. The van der Waals surface area contributed by atoms with Gasteiger partial charge in [-0.25, -0.2) is 0 Å². The third kappa shape index (κ3) is 3.67. The molecule has 0 aliphatic heterocycles. The van der Waals surface area contributed by atoms with Gasteiger partial charge >= 0.3 is 0 Å². The Balaban J connectivity index is 2.03. The van der Waals surface area contributed by atoms with E-state index in [2.05, 4.69) is 27.3 Å². The molecule has 0 aromatic heterocycles. The van der Waals surface area contributed by atoms with Gasteiger partial charge in [-0.1, -0.05) is 35.3 Å². The van der Waals surface area contributed by atoms with Crippen LogP contribution >= 0.6 is 39.1 Å². The lowest BCUT2D eigenvalue weighted by Crippen LogP contribution is -2.06. The van der Waals surface area contributed by atoms with Crippen molar-refractivity contribution in [3.05, 3.63) is 62.0 Å². The average Bonchev–Trinajstić information content (AvgIpc) is 2.41. The maximum Gasteiger partial charge on any atom is 0.103 e. The summed E-state index contributed by atoms with van der Waals surface area (Å²) in [5.41, 5.74) is 2.44. The molecule has 0 bridgehead atoms. The molecule has 2 aromatic rings. The summed E-state index contributed by atoms with van der Waals surface area (Å²) in [4.78, 5) is 0. The Morgan fingerprint density at radius 2 is 2.00 bits per heavy atom. The fourth-order valence-corrected chi connectivity index (χ4v) is 2.80. The Labute approximate surface area is 136 Å². The molecule has 0 aliphatic carbocycles. The molecule has 0 fully saturated rings. The van der Waals surface area contributed by atoms with Gasteiger partial charge in [0.05, 0.1) is 11.3 Å². The van der Waals surface area contributed by atoms with Gasteiger partial charge in [0.25, 0.3) is 0 Å². The van der Waals surface area contributed by atoms with E-state index in [4.69, 9.17) is 28.5 Å². The second kappa shape index (κ2) is 6.99. The molecule has 0 saturated heterocycles. The number of nitrogens with zero attached hydrogens (tertiary/aromatic N) is 1. The first-order valence-electron chi connectivity index (χ1n) is 5.98. The minimum atomic E-state index is 0.606. The minimum absolute atomic E-state index is 0.606. The third-order valence-electron chi connectivity index (χ3n) is 2.85. The minimum Gasteiger partial charge on any atom is -0.384 e. The van der Waals surface area contributed by atoms with Crippen LogP contribution in [0.2, 0.25) is 10.0 Å². The lowest BCUT2D eigenvalue weighted by atomic mass is 10.1. The number of nitrogens with one attached hydrogen (secondary N) is 1. The highest BCUT2D eigenvalue weighted by atomic mass is 79.9. The molecule has 5 heteroatoms. The van der Waals surface area contributed by atoms with E-state index in [9.17, 15) is 0 Å². The zero-order valence-corrected chi connectivity index (χ0v) is 13.6. The maximum atomic E-state index is 9.13. The molecule has 0 heterocycles. The molecule has 0 amide bonds. The van der Waals surface area contributed by atoms with E-state index in [0.717, 1.165) is 22.1 Å². The Hall–Kier alpha value is -1.21. The van der Waals surface area contributed by atoms with E-state index < -0.39 is 0 Å². The first-order chi connectivity index (χ1) is 9.61. The van der Waals surface area contributed by atoms with Gasteiger partial charge in [-0.05, 0) is 52.2 Å². The predicted octanol–water partition coefficient (Wildman–Crippen LogP) is 5.28. The average molecular weight is 370 g/mol. The molecule has 20 heavy (non-hydrogen) atoms. The molecule has 2 rings (SSSR count). The Morgan fingerprint density at radius 3 is 2.70 bits per heavy atom. The van der Waals surface area contributed by atoms with Crippen LogP contribution in [0.25, 0.3) is 0 Å². The number of nitriles is 1. The lowest BCUT2D eigenvalue weighted by molar-refractivity contribution is 1.02. The molecule has 2 aromatic carbocycles. The first kappa shape index (κ1) is 15.2. The van der Waals surface area contributed by atoms with Gasteiger partial charge in [0.1, 0.15) is 6.07 Å². The van der Waals surface area contributed by atoms with Crippen molar-refractivity contribution in [2.24, 2.45) is 0 Å². The van der Waals surface area contributed by atoms with E-state index in [1.165, 1.54) is 0 Å². The van der Waals surface area contributed by atoms with Gasteiger partial charge in [-0.2, -0.15) is 5.26 Å². The molecule has 0 saturated carbocycles. The second-order valence-corrected chi connectivity index (χ2v) is 5.88. The van der Waals surface area contributed by atoms with Crippen LogP contribution in [-0.4, -0.2) is 6.54 Å². The normalized spacial score (nSPS) is 10.1. The maximum absolute atomic E-state index is 9.13. The largest absolute Gasteiger partial charge is 0.384 e. The standard InChI is InChI=1S/C15H11BrCl2N2/c16-13-2-1-3-15(12(13)9-19)20-7-6-10-4-5-11(17)8-14(10)18/h1-5,8,20H,6-7H2. The molecule has 0 spiro atoms. The van der Waals surface area contributed by atoms with Crippen molar-refractivity contribution >= 4 is 44.8 Å². The molecule has 1 N–H and O–H groups in total. The van der Waals surface area contributed by atoms with E-state index in [0.29, 0.717) is 22.2 Å². The SMILES string of the molecule is N#Cc1c(Br)cccc1NCCc1ccc(Cl)cc1Cl. The van der Waals surface area contributed by atoms with Gasteiger partial charge < -0.3 is 5.32 Å². The second-order valence-electron chi connectivity index (χ2n) is 4.19. The highest BCUT2D eigenvalue weighted by Crippen LogP contribution is 2.24. The highest BCUT2D eigenvalue weighted by Gasteiger charge is 2.06. The van der Waals surface area contributed by atoms with Crippen LogP contribution in [0, 0.1) is 11.3 Å². The van der Waals surface area contributed by atoms with Crippen LogP contribution in [0.1, 0.15) is 11.1 Å². The summed E-state index contributed by atoms with van der Waals surface area (Å²) in [5.74, 6) is 0. The monoisotopic (exact) mass is 368 g/mol. The number of halogens is 3. The van der Waals surface area contributed by atoms with Crippen LogP contribution in [0.3, 0.4) is 0 Å². The molecule has 0 unspecified atom stereocenters. The van der Waals surface area contributed by atoms with Crippen molar-refractivity contribution in [1.29, 1.82) is 5.26 Å². The summed E-state index contributed by atoms with van der Waals surface area (Å²) < 4.78 is 0.787.